The van der Waals surface area contributed by atoms with E-state index in [1.807, 2.05) is 0 Å². The molecule has 0 radical (unpaired) electrons. The highest BCUT2D eigenvalue weighted by Gasteiger charge is 2.66. The molecule has 1 fully saturated rings. The van der Waals surface area contributed by atoms with Crippen molar-refractivity contribution < 1.29 is 31.9 Å². The zero-order valence-corrected chi connectivity index (χ0v) is 14.4. The van der Waals surface area contributed by atoms with Gasteiger partial charge in [-0.2, -0.15) is 13.2 Å². The van der Waals surface area contributed by atoms with Crippen LogP contribution in [0.3, 0.4) is 0 Å². The number of carbonyl (C=O) groups excluding carboxylic acids is 2. The van der Waals surface area contributed by atoms with Crippen molar-refractivity contribution in [3.05, 3.63) is 0 Å². The van der Waals surface area contributed by atoms with E-state index in [1.165, 1.54) is 0 Å². The minimum Gasteiger partial charge on any atom is -0.468 e. The van der Waals surface area contributed by atoms with Crippen LogP contribution in [-0.2, 0) is 18.8 Å². The monoisotopic (exact) mass is 340 g/mol. The Kier molecular flexibility index (Phi) is 5.83. The Bertz CT molecular complexity index is 431. The van der Waals surface area contributed by atoms with Crippen LogP contribution in [0, 0.1) is 11.3 Å². The molecule has 1 aliphatic rings. The maximum absolute atomic E-state index is 13.8. The van der Waals surface area contributed by atoms with Crippen LogP contribution in [0.15, 0.2) is 0 Å². The lowest BCUT2D eigenvalue weighted by Gasteiger charge is -2.41. The maximum atomic E-state index is 13.8. The minimum atomic E-state index is -4.83. The van der Waals surface area contributed by atoms with E-state index in [4.69, 9.17) is 4.43 Å². The molecule has 0 heterocycles. The standard InChI is InChI=1S/C14H23F3O4Si/c1-20-12(19)13(14(15,16)17,9-21-22(2,3)4)10-6-5-7-11(18)8-10/h10H,5-9H2,1-4H3. The summed E-state index contributed by atoms with van der Waals surface area (Å²) in [6.45, 7) is 4.46. The molecule has 1 saturated carbocycles. The number of hydrogen-bond acceptors (Lipinski definition) is 4. The summed E-state index contributed by atoms with van der Waals surface area (Å²) in [5, 5.41) is 0. The Morgan fingerprint density at radius 1 is 1.32 bits per heavy atom. The van der Waals surface area contributed by atoms with Gasteiger partial charge in [-0.15, -0.1) is 0 Å². The maximum Gasteiger partial charge on any atom is 0.407 e. The van der Waals surface area contributed by atoms with Crippen molar-refractivity contribution in [2.45, 2.75) is 51.5 Å². The zero-order valence-electron chi connectivity index (χ0n) is 13.4. The number of rotatable bonds is 5. The van der Waals surface area contributed by atoms with Crippen LogP contribution in [-0.4, -0.2) is 40.0 Å². The minimum absolute atomic E-state index is 0.162. The molecule has 22 heavy (non-hydrogen) atoms. The van der Waals surface area contributed by atoms with Crippen LogP contribution in [0.1, 0.15) is 25.7 Å². The van der Waals surface area contributed by atoms with Gasteiger partial charge in [-0.1, -0.05) is 0 Å². The summed E-state index contributed by atoms with van der Waals surface area (Å²) in [7, 11) is -1.35. The van der Waals surface area contributed by atoms with E-state index < -0.39 is 38.4 Å². The van der Waals surface area contributed by atoms with Crippen molar-refractivity contribution in [2.75, 3.05) is 13.7 Å². The molecule has 0 aliphatic heterocycles. The number of Topliss-reactive ketones (excluding diaryl/α,β-unsaturated/α-hetero) is 1. The van der Waals surface area contributed by atoms with Crippen LogP contribution in [0.5, 0.6) is 0 Å². The number of esters is 1. The number of alkyl halides is 3. The SMILES string of the molecule is COC(=O)C(CO[Si](C)(C)C)(C1CCCC(=O)C1)C(F)(F)F. The molecule has 4 nitrogen and oxygen atoms in total. The second-order valence-corrected chi connectivity index (χ2v) is 11.2. The molecule has 1 aliphatic carbocycles. The van der Waals surface area contributed by atoms with Gasteiger partial charge in [-0.25, -0.2) is 0 Å². The fourth-order valence-corrected chi connectivity index (χ4v) is 3.39. The first-order chi connectivity index (χ1) is 9.94. The normalized spacial score (nSPS) is 23.0. The molecule has 0 amide bonds. The zero-order chi connectivity index (χ0) is 17.2. The third-order valence-electron chi connectivity index (χ3n) is 3.97. The molecule has 0 N–H and O–H groups in total. The van der Waals surface area contributed by atoms with E-state index in [2.05, 4.69) is 4.74 Å². The highest BCUT2D eigenvalue weighted by atomic mass is 28.4. The number of halogens is 3. The van der Waals surface area contributed by atoms with E-state index in [-0.39, 0.29) is 25.0 Å². The summed E-state index contributed by atoms with van der Waals surface area (Å²) >= 11 is 0. The molecular weight excluding hydrogens is 317 g/mol. The van der Waals surface area contributed by atoms with E-state index in [0.717, 1.165) is 7.11 Å². The van der Waals surface area contributed by atoms with Gasteiger partial charge in [0.1, 0.15) is 5.78 Å². The number of methoxy groups -OCH3 is 1. The van der Waals surface area contributed by atoms with E-state index in [9.17, 15) is 22.8 Å². The molecule has 128 valence electrons. The quantitative estimate of drug-likeness (QED) is 0.569. The van der Waals surface area contributed by atoms with Crippen molar-refractivity contribution in [1.29, 1.82) is 0 Å². The highest BCUT2D eigenvalue weighted by molar-refractivity contribution is 6.69. The molecule has 2 unspecified atom stereocenters. The summed E-state index contributed by atoms with van der Waals surface area (Å²) in [4.78, 5) is 23.7. The van der Waals surface area contributed by atoms with E-state index >= 15 is 0 Å². The van der Waals surface area contributed by atoms with Gasteiger partial charge < -0.3 is 9.16 Å². The topological polar surface area (TPSA) is 52.6 Å². The molecule has 0 aromatic heterocycles. The van der Waals surface area contributed by atoms with Crippen molar-refractivity contribution in [3.8, 4) is 0 Å². The Hall–Kier alpha value is -0.893. The van der Waals surface area contributed by atoms with E-state index in [0.29, 0.717) is 6.42 Å². The van der Waals surface area contributed by atoms with Crippen LogP contribution >= 0.6 is 0 Å². The van der Waals surface area contributed by atoms with Crippen LogP contribution in [0.25, 0.3) is 0 Å². The lowest BCUT2D eigenvalue weighted by Crippen LogP contribution is -2.56. The van der Waals surface area contributed by atoms with Gasteiger partial charge >= 0.3 is 12.1 Å². The van der Waals surface area contributed by atoms with Gasteiger partial charge in [0.25, 0.3) is 0 Å². The number of carbonyl (C=O) groups is 2. The summed E-state index contributed by atoms with van der Waals surface area (Å²) in [5.74, 6) is -2.74. The third kappa shape index (κ3) is 4.10. The summed E-state index contributed by atoms with van der Waals surface area (Å²) in [6.07, 6.45) is -4.31. The van der Waals surface area contributed by atoms with Gasteiger partial charge in [-0.05, 0) is 38.4 Å². The molecule has 0 aromatic carbocycles. The first kappa shape index (κ1) is 19.2. The lowest BCUT2D eigenvalue weighted by atomic mass is 9.68. The summed E-state index contributed by atoms with van der Waals surface area (Å²) in [5.41, 5.74) is -2.77. The number of ether oxygens (including phenoxy) is 1. The average Bonchev–Trinajstić information content (AvgIpc) is 2.36. The molecule has 0 saturated heterocycles. The number of ketones is 1. The van der Waals surface area contributed by atoms with Crippen molar-refractivity contribution >= 4 is 20.1 Å². The molecule has 8 heteroatoms. The summed E-state index contributed by atoms with van der Waals surface area (Å²) in [6, 6.07) is 0. The molecular formula is C14H23F3O4Si. The van der Waals surface area contributed by atoms with Gasteiger partial charge in [-0.3, -0.25) is 9.59 Å². The Labute approximate surface area is 129 Å². The predicted molar refractivity (Wildman–Crippen MR) is 76.8 cm³/mol. The molecule has 0 bridgehead atoms. The molecule has 0 aromatic rings. The van der Waals surface area contributed by atoms with Crippen molar-refractivity contribution in [3.63, 3.8) is 0 Å². The van der Waals surface area contributed by atoms with Gasteiger partial charge in [0.15, 0.2) is 13.7 Å². The van der Waals surface area contributed by atoms with Gasteiger partial charge in [0, 0.05) is 12.8 Å². The van der Waals surface area contributed by atoms with Gasteiger partial charge in [0.05, 0.1) is 13.7 Å². The largest absolute Gasteiger partial charge is 0.468 e. The number of hydrogen-bond donors (Lipinski definition) is 0. The molecule has 2 atom stereocenters. The van der Waals surface area contributed by atoms with Gasteiger partial charge in [0.2, 0.25) is 0 Å². The second-order valence-electron chi connectivity index (χ2n) is 6.69. The van der Waals surface area contributed by atoms with Crippen LogP contribution < -0.4 is 0 Å². The third-order valence-corrected chi connectivity index (χ3v) is 4.98. The lowest BCUT2D eigenvalue weighted by molar-refractivity contribution is -0.257. The fraction of sp³-hybridized carbons (Fsp3) is 0.857. The highest BCUT2D eigenvalue weighted by Crippen LogP contribution is 2.50. The van der Waals surface area contributed by atoms with Crippen LogP contribution in [0.4, 0.5) is 13.2 Å². The first-order valence-corrected chi connectivity index (χ1v) is 10.7. The molecule has 0 spiro atoms. The predicted octanol–water partition coefficient (Wildman–Crippen LogP) is 3.32. The Balaban J connectivity index is 3.25. The van der Waals surface area contributed by atoms with E-state index in [1.54, 1.807) is 19.6 Å². The van der Waals surface area contributed by atoms with Crippen molar-refractivity contribution in [2.24, 2.45) is 11.3 Å². The second kappa shape index (κ2) is 6.70. The first-order valence-electron chi connectivity index (χ1n) is 7.25. The molecule has 1 rings (SSSR count). The fourth-order valence-electron chi connectivity index (χ4n) is 2.73. The van der Waals surface area contributed by atoms with Crippen LogP contribution in [0.2, 0.25) is 19.6 Å². The average molecular weight is 340 g/mol. The Morgan fingerprint density at radius 3 is 2.32 bits per heavy atom. The van der Waals surface area contributed by atoms with Crippen molar-refractivity contribution in [1.82, 2.24) is 0 Å². The summed E-state index contributed by atoms with van der Waals surface area (Å²) < 4.78 is 51.4. The smallest absolute Gasteiger partial charge is 0.407 e. The Morgan fingerprint density at radius 2 is 1.91 bits per heavy atom.